The fourth-order valence-corrected chi connectivity index (χ4v) is 7.89. The number of piperidine rings is 1. The summed E-state index contributed by atoms with van der Waals surface area (Å²) in [6.45, 7) is 4.12. The van der Waals surface area contributed by atoms with E-state index in [2.05, 4.69) is 15.2 Å². The summed E-state index contributed by atoms with van der Waals surface area (Å²) in [7, 11) is 1.63. The number of benzene rings is 2. The number of halogens is 5. The molecule has 0 bridgehead atoms. The lowest BCUT2D eigenvalue weighted by atomic mass is 9.94. The Morgan fingerprint density at radius 2 is 1.88 bits per heavy atom. The lowest BCUT2D eigenvalue weighted by molar-refractivity contribution is -0.137. The number of hydrogen-bond donors (Lipinski definition) is 3. The Morgan fingerprint density at radius 3 is 2.57 bits per heavy atom. The molecule has 8 rings (SSSR count). The predicted octanol–water partition coefficient (Wildman–Crippen LogP) is 5.72. The minimum absolute atomic E-state index is 0.000883. The van der Waals surface area contributed by atoms with Crippen LogP contribution >= 0.6 is 0 Å². The molecule has 3 N–H and O–H groups in total. The maximum absolute atomic E-state index is 15.3. The van der Waals surface area contributed by atoms with Crippen LogP contribution < -0.4 is 10.1 Å². The molecule has 0 amide bonds. The number of pyridine rings is 1. The van der Waals surface area contributed by atoms with Crippen molar-refractivity contribution < 1.29 is 41.7 Å². The minimum Gasteiger partial charge on any atom is -0.490 e. The lowest BCUT2D eigenvalue weighted by Gasteiger charge is -2.22. The Bertz CT molecular complexity index is 2220. The van der Waals surface area contributed by atoms with Crippen LogP contribution in [0.3, 0.4) is 0 Å². The molecule has 1 saturated heterocycles. The van der Waals surface area contributed by atoms with Gasteiger partial charge in [-0.15, -0.1) is 0 Å². The zero-order valence-electron chi connectivity index (χ0n) is 27.6. The number of nitrogens with one attached hydrogen (secondary N) is 1. The number of hydrogen-bond acceptors (Lipinski definition) is 7. The van der Waals surface area contributed by atoms with E-state index in [0.717, 1.165) is 31.3 Å². The molecule has 5 aromatic rings. The molecular formula is C37H34F5N5O4. The highest BCUT2D eigenvalue weighted by atomic mass is 19.4. The van der Waals surface area contributed by atoms with Crippen molar-refractivity contribution in [3.05, 3.63) is 94.6 Å². The van der Waals surface area contributed by atoms with Gasteiger partial charge in [-0.05, 0) is 66.6 Å². The number of aromatic nitrogens is 3. The molecule has 0 radical (unpaired) electrons. The number of carbonyl (C=O) groups excluding carboxylic acids is 1. The molecule has 2 fully saturated rings. The van der Waals surface area contributed by atoms with Gasteiger partial charge in [-0.3, -0.25) is 9.69 Å². The first-order chi connectivity index (χ1) is 24.3. The van der Waals surface area contributed by atoms with Crippen molar-refractivity contribution in [1.29, 1.82) is 0 Å². The number of ketones is 1. The molecule has 14 heteroatoms. The highest BCUT2D eigenvalue weighted by molar-refractivity contribution is 6.10. The molecule has 9 nitrogen and oxygen atoms in total. The molecule has 3 aromatic heterocycles. The quantitative estimate of drug-likeness (QED) is 0.0821. The largest absolute Gasteiger partial charge is 0.490 e. The van der Waals surface area contributed by atoms with E-state index >= 15 is 8.78 Å². The number of rotatable bonds is 8. The third-order valence-corrected chi connectivity index (χ3v) is 10.6. The van der Waals surface area contributed by atoms with Crippen molar-refractivity contribution in [2.24, 2.45) is 24.8 Å². The topological polar surface area (TPSA) is 104 Å². The molecule has 3 atom stereocenters. The van der Waals surface area contributed by atoms with Crippen LogP contribution in [0.5, 0.6) is 5.75 Å². The van der Waals surface area contributed by atoms with Crippen LogP contribution in [-0.2, 0) is 19.6 Å². The maximum Gasteiger partial charge on any atom is 0.417 e. The molecule has 0 spiro atoms. The average molecular weight is 708 g/mol. The number of fused-ring (bicyclic) bond motifs is 5. The van der Waals surface area contributed by atoms with Crippen molar-refractivity contribution in [3.63, 3.8) is 0 Å². The zero-order valence-corrected chi connectivity index (χ0v) is 27.6. The highest BCUT2D eigenvalue weighted by Gasteiger charge is 2.54. The Hall–Kier alpha value is -4.79. The summed E-state index contributed by atoms with van der Waals surface area (Å²) >= 11 is 0. The van der Waals surface area contributed by atoms with Gasteiger partial charge in [0, 0.05) is 62.6 Å². The Labute approximate surface area is 288 Å². The number of anilines is 1. The minimum atomic E-state index is -4.76. The molecule has 266 valence electrons. The van der Waals surface area contributed by atoms with Crippen molar-refractivity contribution in [3.8, 4) is 16.9 Å². The fraction of sp³-hybridized carbons (Fsp3) is 0.351. The summed E-state index contributed by atoms with van der Waals surface area (Å²) in [6, 6.07) is 7.31. The standard InChI is InChI=1S/C37H34F5N5O4/c1-18-43-33-28(45(18)2)14-25(37(40,41)42)31-21-5-3-9-47-29(13-19(34(21)47)7-10-51-36(31)33)35(50)20-11-26(38)32(27(39)12-20)44-30(49)6-4-8-46-15-22-23(16-46)24(22)17-48/h3-6,9,11-14,22-24,30,44,48-49H,7-8,10,15-17H2,1-2H3/b6-4+. The van der Waals surface area contributed by atoms with Gasteiger partial charge in [0.25, 0.3) is 0 Å². The zero-order chi connectivity index (χ0) is 35.9. The molecule has 2 aromatic carbocycles. The van der Waals surface area contributed by atoms with Crippen LogP contribution in [0.1, 0.15) is 33.0 Å². The molecule has 1 saturated carbocycles. The summed E-state index contributed by atoms with van der Waals surface area (Å²) in [4.78, 5) is 20.6. The van der Waals surface area contributed by atoms with Crippen LogP contribution in [0.2, 0.25) is 0 Å². The number of aliphatic hydroxyl groups is 2. The number of carbonyl (C=O) groups is 1. The number of nitrogens with zero attached hydrogens (tertiary/aromatic N) is 4. The third kappa shape index (κ3) is 5.56. The van der Waals surface area contributed by atoms with Crippen molar-refractivity contribution in [1.82, 2.24) is 18.9 Å². The van der Waals surface area contributed by atoms with Crippen molar-refractivity contribution in [2.75, 3.05) is 38.2 Å². The Morgan fingerprint density at radius 1 is 1.16 bits per heavy atom. The van der Waals surface area contributed by atoms with Gasteiger partial charge in [-0.2, -0.15) is 13.2 Å². The number of alkyl halides is 3. The molecule has 51 heavy (non-hydrogen) atoms. The van der Waals surface area contributed by atoms with Gasteiger partial charge in [0.1, 0.15) is 34.9 Å². The second-order valence-electron chi connectivity index (χ2n) is 13.6. The van der Waals surface area contributed by atoms with Gasteiger partial charge >= 0.3 is 6.18 Å². The summed E-state index contributed by atoms with van der Waals surface area (Å²) in [6.07, 6.45) is -1.33. The van der Waals surface area contributed by atoms with Crippen LogP contribution in [0.4, 0.5) is 27.6 Å². The fourth-order valence-electron chi connectivity index (χ4n) is 7.89. The smallest absolute Gasteiger partial charge is 0.417 e. The summed E-state index contributed by atoms with van der Waals surface area (Å²) in [5.41, 5.74) is -0.469. The average Bonchev–Trinajstić information content (AvgIpc) is 3.32. The van der Waals surface area contributed by atoms with E-state index in [1.807, 2.05) is 0 Å². The van der Waals surface area contributed by atoms with Gasteiger partial charge in [0.05, 0.1) is 28.9 Å². The van der Waals surface area contributed by atoms with E-state index < -0.39 is 41.1 Å². The van der Waals surface area contributed by atoms with Crippen molar-refractivity contribution >= 4 is 28.0 Å². The van der Waals surface area contributed by atoms with E-state index in [1.165, 1.54) is 34.9 Å². The molecular weight excluding hydrogens is 673 g/mol. The van der Waals surface area contributed by atoms with Crippen molar-refractivity contribution in [2.45, 2.75) is 25.7 Å². The van der Waals surface area contributed by atoms with Crippen LogP contribution in [0.15, 0.2) is 54.7 Å². The molecule has 1 aliphatic carbocycles. The third-order valence-electron chi connectivity index (χ3n) is 10.6. The molecule has 5 heterocycles. The number of ether oxygens (including phenoxy) is 1. The van der Waals surface area contributed by atoms with Gasteiger partial charge in [0.2, 0.25) is 5.78 Å². The van der Waals surface area contributed by atoms with E-state index in [1.54, 1.807) is 24.6 Å². The van der Waals surface area contributed by atoms with E-state index in [9.17, 15) is 28.2 Å². The maximum atomic E-state index is 15.3. The molecule has 3 unspecified atom stereocenters. The second kappa shape index (κ2) is 12.2. The van der Waals surface area contributed by atoms with Gasteiger partial charge in [0.15, 0.2) is 5.75 Å². The number of likely N-dealkylation sites (tertiary alicyclic amines) is 1. The molecule has 2 aliphatic heterocycles. The number of aliphatic hydroxyl groups excluding tert-OH is 2. The summed E-state index contributed by atoms with van der Waals surface area (Å²) in [5, 5.41) is 22.1. The first kappa shape index (κ1) is 33.4. The monoisotopic (exact) mass is 707 g/mol. The Balaban J connectivity index is 1.10. The summed E-state index contributed by atoms with van der Waals surface area (Å²) in [5.74, 6) is -1.12. The first-order valence-electron chi connectivity index (χ1n) is 16.7. The highest BCUT2D eigenvalue weighted by Crippen LogP contribution is 2.51. The van der Waals surface area contributed by atoms with Crippen LogP contribution in [0.25, 0.3) is 27.7 Å². The van der Waals surface area contributed by atoms with Gasteiger partial charge in [-0.1, -0.05) is 12.1 Å². The SMILES string of the molecule is Cc1nc2c3c(c(C(F)(F)F)cc2n1C)-c1cccn2c(C(=O)c4cc(F)c(NC(O)/C=C/CN5CC6C(CO)C6C5)c(F)c4)cc(c12)CCO3. The second-order valence-corrected chi connectivity index (χ2v) is 13.6. The normalized spacial score (nSPS) is 20.7. The van der Waals surface area contributed by atoms with E-state index in [4.69, 9.17) is 4.74 Å². The van der Waals surface area contributed by atoms with Crippen LogP contribution in [0, 0.1) is 36.3 Å². The van der Waals surface area contributed by atoms with Crippen LogP contribution in [-0.4, -0.2) is 73.9 Å². The van der Waals surface area contributed by atoms with E-state index in [-0.39, 0.29) is 58.8 Å². The summed E-state index contributed by atoms with van der Waals surface area (Å²) < 4.78 is 83.7. The number of imidazole rings is 1. The van der Waals surface area contributed by atoms with Gasteiger partial charge in [-0.25, -0.2) is 13.8 Å². The molecule has 3 aliphatic rings. The predicted molar refractivity (Wildman–Crippen MR) is 179 cm³/mol. The van der Waals surface area contributed by atoms with Gasteiger partial charge < -0.3 is 29.2 Å². The van der Waals surface area contributed by atoms with E-state index in [0.29, 0.717) is 41.2 Å². The Kier molecular flexibility index (Phi) is 7.96. The first-order valence-corrected chi connectivity index (χ1v) is 16.7. The number of aryl methyl sites for hydroxylation is 2. The lowest BCUT2D eigenvalue weighted by Crippen LogP contribution is -2.26.